The minimum atomic E-state index is -0.460. The Morgan fingerprint density at radius 1 is 0.891 bits per heavy atom. The highest BCUT2D eigenvalue weighted by molar-refractivity contribution is 6.07. The lowest BCUT2D eigenvalue weighted by atomic mass is 9.95. The van der Waals surface area contributed by atoms with Gasteiger partial charge in [0, 0.05) is 86.5 Å². The van der Waals surface area contributed by atoms with Crippen molar-refractivity contribution >= 4 is 45.9 Å². The zero-order valence-electron chi connectivity index (χ0n) is 36.9. The molecule has 6 heterocycles. The molecule has 6 aromatic rings. The summed E-state index contributed by atoms with van der Waals surface area (Å²) in [5.41, 5.74) is 8.74. The molecule has 3 fully saturated rings. The number of piperidine rings is 1. The molecule has 9 rings (SSSR count). The van der Waals surface area contributed by atoms with Crippen LogP contribution < -0.4 is 25.3 Å². The first-order valence-corrected chi connectivity index (χ1v) is 22.1. The second kappa shape index (κ2) is 17.5. The number of amides is 4. The average Bonchev–Trinajstić information content (AvgIpc) is 3.97. The summed E-state index contributed by atoms with van der Waals surface area (Å²) in [5, 5.41) is 10.3. The molecule has 332 valence electrons. The number of piperazine rings is 1. The van der Waals surface area contributed by atoms with Crippen LogP contribution in [0.1, 0.15) is 80.6 Å². The molecule has 0 spiro atoms. The maximum absolute atomic E-state index is 14.5. The highest BCUT2D eigenvalue weighted by Crippen LogP contribution is 2.36. The van der Waals surface area contributed by atoms with Gasteiger partial charge in [-0.15, -0.1) is 0 Å². The first-order valence-electron chi connectivity index (χ1n) is 22.1. The Labute approximate surface area is 371 Å². The van der Waals surface area contributed by atoms with Crippen molar-refractivity contribution in [3.05, 3.63) is 102 Å². The van der Waals surface area contributed by atoms with Crippen molar-refractivity contribution in [3.63, 3.8) is 0 Å². The summed E-state index contributed by atoms with van der Waals surface area (Å²) in [5.74, 6) is -0.0794. The fourth-order valence-corrected chi connectivity index (χ4v) is 9.12. The van der Waals surface area contributed by atoms with Crippen molar-refractivity contribution in [1.82, 2.24) is 40.6 Å². The van der Waals surface area contributed by atoms with E-state index in [4.69, 9.17) is 9.51 Å². The molecule has 3 aromatic carbocycles. The van der Waals surface area contributed by atoms with Crippen LogP contribution >= 0.6 is 0 Å². The Hall–Kier alpha value is -6.68. The largest absolute Gasteiger partial charge is 0.370 e. The van der Waals surface area contributed by atoms with Gasteiger partial charge in [-0.3, -0.25) is 24.7 Å². The van der Waals surface area contributed by atoms with Gasteiger partial charge in [0.05, 0.1) is 23.1 Å². The van der Waals surface area contributed by atoms with Crippen molar-refractivity contribution in [1.29, 1.82) is 0 Å². The molecule has 4 amide bonds. The van der Waals surface area contributed by atoms with Crippen LogP contribution in [0.5, 0.6) is 0 Å². The molecule has 0 radical (unpaired) electrons. The van der Waals surface area contributed by atoms with Gasteiger partial charge in [0.25, 0.3) is 0 Å². The SMILES string of the molecule is Cc1cc(-c2ncnc3[nH]c(-c4ccc(N5CCN(CC6CCN(c7cc(F)ccc7N7CCC(=O)NC7=O)CC6)CC5)cc4)cc23)ccc1C(C)NC(=O)c1nc(C(C)(C)C)no1. The highest BCUT2D eigenvalue weighted by atomic mass is 19.1. The second-order valence-corrected chi connectivity index (χ2v) is 18.3. The van der Waals surface area contributed by atoms with Gasteiger partial charge >= 0.3 is 17.8 Å². The number of fused-ring (bicyclic) bond motifs is 1. The molecule has 16 heteroatoms. The number of halogens is 1. The smallest absolute Gasteiger partial charge is 0.328 e. The molecule has 1 unspecified atom stereocenters. The number of aromatic amines is 1. The van der Waals surface area contributed by atoms with Gasteiger partial charge < -0.3 is 24.6 Å². The number of rotatable bonds is 10. The van der Waals surface area contributed by atoms with E-state index in [0.29, 0.717) is 23.1 Å². The maximum Gasteiger partial charge on any atom is 0.328 e. The van der Waals surface area contributed by atoms with Crippen LogP contribution in [-0.4, -0.2) is 100 Å². The number of anilines is 3. The molecule has 15 nitrogen and oxygen atoms in total. The lowest BCUT2D eigenvalue weighted by Crippen LogP contribution is -2.50. The van der Waals surface area contributed by atoms with Crippen molar-refractivity contribution in [3.8, 4) is 22.5 Å². The fraction of sp³-hybridized carbons (Fsp3) is 0.396. The van der Waals surface area contributed by atoms with E-state index in [9.17, 15) is 18.8 Å². The van der Waals surface area contributed by atoms with Gasteiger partial charge in [-0.2, -0.15) is 4.98 Å². The van der Waals surface area contributed by atoms with Crippen molar-refractivity contribution < 1.29 is 23.3 Å². The third-order valence-corrected chi connectivity index (χ3v) is 12.7. The Bertz CT molecular complexity index is 2690. The normalized spacial score (nSPS) is 17.2. The van der Waals surface area contributed by atoms with E-state index in [1.807, 2.05) is 46.8 Å². The summed E-state index contributed by atoms with van der Waals surface area (Å²) in [7, 11) is 0. The monoisotopic (exact) mass is 867 g/mol. The van der Waals surface area contributed by atoms with Gasteiger partial charge in [0.2, 0.25) is 5.91 Å². The minimum absolute atomic E-state index is 0.0539. The zero-order valence-corrected chi connectivity index (χ0v) is 36.9. The van der Waals surface area contributed by atoms with Gasteiger partial charge in [-0.1, -0.05) is 50.2 Å². The number of imide groups is 1. The topological polar surface area (TPSA) is 169 Å². The molecular weight excluding hydrogens is 814 g/mol. The predicted molar refractivity (Wildman–Crippen MR) is 244 cm³/mol. The van der Waals surface area contributed by atoms with E-state index in [2.05, 4.69) is 81.8 Å². The standard InChI is InChI=1S/C48H54FN11O4/c1-29-24-33(8-12-36(29)30(2)52-44(62)45-55-46(56-64-45)48(3,4)5)42-37-26-38(53-43(37)51-28-50-42)32-6-10-35(11-7-32)58-22-20-57(21-23-58)27-31-14-17-59(18-15-31)40-25-34(49)9-13-39(40)60-19-16-41(61)54-47(60)63/h6-13,24-26,28,30-31H,14-23,27H2,1-5H3,(H,52,62)(H,50,51,53)(H,54,61,63). The van der Waals surface area contributed by atoms with Crippen molar-refractivity contribution in [2.75, 3.05) is 67.1 Å². The number of benzene rings is 3. The minimum Gasteiger partial charge on any atom is -0.370 e. The molecular formula is C48H54FN11O4. The van der Waals surface area contributed by atoms with E-state index in [1.54, 1.807) is 17.3 Å². The quantitative estimate of drug-likeness (QED) is 0.126. The first kappa shape index (κ1) is 42.6. The van der Waals surface area contributed by atoms with Gasteiger partial charge in [0.15, 0.2) is 5.82 Å². The van der Waals surface area contributed by atoms with Gasteiger partial charge in [-0.05, 0) is 91.8 Å². The zero-order chi connectivity index (χ0) is 44.7. The third kappa shape index (κ3) is 8.91. The molecule has 0 bridgehead atoms. The van der Waals surface area contributed by atoms with Crippen LogP contribution in [0.4, 0.5) is 26.2 Å². The van der Waals surface area contributed by atoms with E-state index in [0.717, 1.165) is 103 Å². The second-order valence-electron chi connectivity index (χ2n) is 18.3. The average molecular weight is 868 g/mol. The number of nitrogens with one attached hydrogen (secondary N) is 3. The van der Waals surface area contributed by atoms with Crippen LogP contribution in [-0.2, 0) is 10.2 Å². The van der Waals surface area contributed by atoms with E-state index in [-0.39, 0.29) is 42.0 Å². The molecule has 3 saturated heterocycles. The Balaban J connectivity index is 0.787. The number of aryl methyl sites for hydroxylation is 1. The summed E-state index contributed by atoms with van der Waals surface area (Å²) in [4.78, 5) is 63.1. The number of aromatic nitrogens is 5. The van der Waals surface area contributed by atoms with Crippen LogP contribution in [0, 0.1) is 18.7 Å². The summed E-state index contributed by atoms with van der Waals surface area (Å²) in [6.45, 7) is 16.6. The lowest BCUT2D eigenvalue weighted by Gasteiger charge is -2.41. The molecule has 3 aliphatic rings. The molecule has 64 heavy (non-hydrogen) atoms. The van der Waals surface area contributed by atoms with E-state index in [1.165, 1.54) is 17.8 Å². The maximum atomic E-state index is 14.5. The Morgan fingerprint density at radius 3 is 2.34 bits per heavy atom. The van der Waals surface area contributed by atoms with Crippen LogP contribution in [0.3, 0.4) is 0 Å². The summed E-state index contributed by atoms with van der Waals surface area (Å²) < 4.78 is 19.7. The van der Waals surface area contributed by atoms with E-state index < -0.39 is 11.9 Å². The number of hydrogen-bond donors (Lipinski definition) is 3. The number of urea groups is 1. The number of H-pyrrole nitrogens is 1. The molecule has 1 atom stereocenters. The summed E-state index contributed by atoms with van der Waals surface area (Å²) in [6, 6.07) is 20.7. The van der Waals surface area contributed by atoms with E-state index >= 15 is 0 Å². The van der Waals surface area contributed by atoms with Gasteiger partial charge in [0.1, 0.15) is 17.8 Å². The molecule has 0 saturated carbocycles. The molecule has 3 N–H and O–H groups in total. The summed E-state index contributed by atoms with van der Waals surface area (Å²) >= 11 is 0. The molecule has 3 aliphatic heterocycles. The van der Waals surface area contributed by atoms with Crippen LogP contribution in [0.2, 0.25) is 0 Å². The fourth-order valence-electron chi connectivity index (χ4n) is 9.12. The Morgan fingerprint density at radius 2 is 1.64 bits per heavy atom. The highest BCUT2D eigenvalue weighted by Gasteiger charge is 2.31. The molecule has 0 aliphatic carbocycles. The van der Waals surface area contributed by atoms with Gasteiger partial charge in [-0.25, -0.2) is 19.2 Å². The van der Waals surface area contributed by atoms with Crippen molar-refractivity contribution in [2.24, 2.45) is 5.92 Å². The molecule has 3 aromatic heterocycles. The van der Waals surface area contributed by atoms with Crippen LogP contribution in [0.15, 0.2) is 77.6 Å². The lowest BCUT2D eigenvalue weighted by molar-refractivity contribution is -0.120. The predicted octanol–water partition coefficient (Wildman–Crippen LogP) is 7.40. The number of carbonyl (C=O) groups excluding carboxylic acids is 3. The van der Waals surface area contributed by atoms with Crippen LogP contribution in [0.25, 0.3) is 33.5 Å². The number of hydrogen-bond acceptors (Lipinski definition) is 11. The Kier molecular flexibility index (Phi) is 11.6. The number of carbonyl (C=O) groups is 3. The third-order valence-electron chi connectivity index (χ3n) is 12.7. The number of nitrogens with zero attached hydrogens (tertiary/aromatic N) is 8. The summed E-state index contributed by atoms with van der Waals surface area (Å²) in [6.07, 6.45) is 3.77. The van der Waals surface area contributed by atoms with Crippen molar-refractivity contribution in [2.45, 2.75) is 65.3 Å². The first-order chi connectivity index (χ1) is 30.8.